The molecule has 1 heteroatoms. The smallest absolute Gasteiger partial charge is 0.00467 e. The van der Waals surface area contributed by atoms with Gasteiger partial charge in [0.15, 0.2) is 0 Å². The highest BCUT2D eigenvalue weighted by Gasteiger charge is 2.19. The Balaban J connectivity index is 2.03. The monoisotopic (exact) mass is 231 g/mol. The number of rotatable bonds is 5. The van der Waals surface area contributed by atoms with E-state index in [1.54, 1.807) is 11.1 Å². The Kier molecular flexibility index (Phi) is 3.88. The first kappa shape index (κ1) is 12.6. The van der Waals surface area contributed by atoms with Crippen LogP contribution in [0.2, 0.25) is 0 Å². The number of hydrogen-bond acceptors (Lipinski definition) is 1. The second kappa shape index (κ2) is 5.22. The highest BCUT2D eigenvalue weighted by atomic mass is 14.8. The molecule has 0 spiro atoms. The zero-order valence-electron chi connectivity index (χ0n) is 11.5. The van der Waals surface area contributed by atoms with E-state index < -0.39 is 0 Å². The molecule has 0 heterocycles. The minimum absolute atomic E-state index is 0.399. The Morgan fingerprint density at radius 1 is 1.18 bits per heavy atom. The van der Waals surface area contributed by atoms with Crippen molar-refractivity contribution in [3.63, 3.8) is 0 Å². The number of aryl methyl sites for hydroxylation is 2. The molecule has 0 atom stereocenters. The van der Waals surface area contributed by atoms with Gasteiger partial charge in [0.1, 0.15) is 0 Å². The van der Waals surface area contributed by atoms with Crippen molar-refractivity contribution in [2.24, 2.45) is 5.41 Å². The van der Waals surface area contributed by atoms with Crippen LogP contribution < -0.4 is 5.32 Å². The van der Waals surface area contributed by atoms with Gasteiger partial charge >= 0.3 is 0 Å². The predicted molar refractivity (Wildman–Crippen MR) is 74.5 cm³/mol. The second-order valence-corrected chi connectivity index (χ2v) is 6.15. The number of hydrogen-bond donors (Lipinski definition) is 1. The first-order valence-corrected chi connectivity index (χ1v) is 6.86. The first-order valence-electron chi connectivity index (χ1n) is 6.86. The van der Waals surface area contributed by atoms with Gasteiger partial charge in [0.2, 0.25) is 0 Å². The summed E-state index contributed by atoms with van der Waals surface area (Å²) < 4.78 is 0. The van der Waals surface area contributed by atoms with Crippen molar-refractivity contribution in [2.75, 3.05) is 13.6 Å². The summed E-state index contributed by atoms with van der Waals surface area (Å²) in [6, 6.07) is 7.14. The number of benzene rings is 1. The molecule has 0 amide bonds. The molecule has 0 unspecified atom stereocenters. The fourth-order valence-electron chi connectivity index (χ4n) is 2.84. The first-order chi connectivity index (χ1) is 8.11. The third-order valence-corrected chi connectivity index (χ3v) is 3.90. The van der Waals surface area contributed by atoms with Gasteiger partial charge in [-0.3, -0.25) is 0 Å². The topological polar surface area (TPSA) is 12.0 Å². The van der Waals surface area contributed by atoms with Crippen molar-refractivity contribution >= 4 is 0 Å². The van der Waals surface area contributed by atoms with E-state index in [4.69, 9.17) is 0 Å². The summed E-state index contributed by atoms with van der Waals surface area (Å²) in [6.07, 6.45) is 6.36. The van der Waals surface area contributed by atoms with Crippen LogP contribution in [-0.2, 0) is 19.3 Å². The lowest BCUT2D eigenvalue weighted by molar-refractivity contribution is 0.329. The molecule has 0 aliphatic heterocycles. The Bertz CT molecular complexity index is 379. The molecule has 1 nitrogen and oxygen atoms in total. The molecule has 1 aromatic rings. The van der Waals surface area contributed by atoms with Gasteiger partial charge in [-0.15, -0.1) is 0 Å². The maximum Gasteiger partial charge on any atom is -0.00467 e. The van der Waals surface area contributed by atoms with Crippen LogP contribution in [0.25, 0.3) is 0 Å². The van der Waals surface area contributed by atoms with Crippen LogP contribution in [0.5, 0.6) is 0 Å². The van der Waals surface area contributed by atoms with Gasteiger partial charge in [-0.1, -0.05) is 32.0 Å². The Labute approximate surface area is 106 Å². The molecule has 0 saturated heterocycles. The molecule has 1 aromatic carbocycles. The maximum atomic E-state index is 3.25. The van der Waals surface area contributed by atoms with Gasteiger partial charge < -0.3 is 5.32 Å². The van der Waals surface area contributed by atoms with Crippen LogP contribution >= 0.6 is 0 Å². The average Bonchev–Trinajstić information content (AvgIpc) is 2.73. The minimum Gasteiger partial charge on any atom is -0.320 e. The fourth-order valence-corrected chi connectivity index (χ4v) is 2.84. The quantitative estimate of drug-likeness (QED) is 0.819. The SMILES string of the molecule is CNCCC(C)(C)Cc1ccc2c(c1)CCC2. The fraction of sp³-hybridized carbons (Fsp3) is 0.625. The van der Waals surface area contributed by atoms with E-state index in [2.05, 4.69) is 37.4 Å². The maximum absolute atomic E-state index is 3.25. The highest BCUT2D eigenvalue weighted by molar-refractivity contribution is 5.35. The number of nitrogens with one attached hydrogen (secondary N) is 1. The van der Waals surface area contributed by atoms with Crippen molar-refractivity contribution < 1.29 is 0 Å². The molecule has 17 heavy (non-hydrogen) atoms. The molecular formula is C16H25N. The van der Waals surface area contributed by atoms with Crippen molar-refractivity contribution in [3.05, 3.63) is 34.9 Å². The van der Waals surface area contributed by atoms with Gasteiger partial charge in [-0.05, 0) is 67.8 Å². The largest absolute Gasteiger partial charge is 0.320 e. The summed E-state index contributed by atoms with van der Waals surface area (Å²) in [5.41, 5.74) is 5.11. The third-order valence-electron chi connectivity index (χ3n) is 3.90. The molecule has 0 radical (unpaired) electrons. The standard InChI is InChI=1S/C16H25N/c1-16(2,9-10-17-3)12-13-7-8-14-5-4-6-15(14)11-13/h7-8,11,17H,4-6,9-10,12H2,1-3H3. The Morgan fingerprint density at radius 3 is 2.71 bits per heavy atom. The summed E-state index contributed by atoms with van der Waals surface area (Å²) in [6.45, 7) is 5.85. The lowest BCUT2D eigenvalue weighted by Gasteiger charge is -2.25. The van der Waals surface area contributed by atoms with Crippen LogP contribution in [0.1, 0.15) is 43.4 Å². The summed E-state index contributed by atoms with van der Waals surface area (Å²) in [5.74, 6) is 0. The predicted octanol–water partition coefficient (Wildman–Crippen LogP) is 3.35. The zero-order valence-corrected chi connectivity index (χ0v) is 11.5. The highest BCUT2D eigenvalue weighted by Crippen LogP contribution is 2.29. The van der Waals surface area contributed by atoms with Crippen LogP contribution in [-0.4, -0.2) is 13.6 Å². The minimum atomic E-state index is 0.399. The van der Waals surface area contributed by atoms with Crippen LogP contribution in [0, 0.1) is 5.41 Å². The van der Waals surface area contributed by atoms with Crippen molar-refractivity contribution in [2.45, 2.75) is 46.0 Å². The molecule has 1 aliphatic rings. The van der Waals surface area contributed by atoms with E-state index in [1.165, 1.54) is 37.7 Å². The summed E-state index contributed by atoms with van der Waals surface area (Å²) in [4.78, 5) is 0. The van der Waals surface area contributed by atoms with Gasteiger partial charge in [-0.25, -0.2) is 0 Å². The van der Waals surface area contributed by atoms with E-state index >= 15 is 0 Å². The van der Waals surface area contributed by atoms with E-state index in [9.17, 15) is 0 Å². The molecule has 94 valence electrons. The van der Waals surface area contributed by atoms with Gasteiger partial charge in [0.05, 0.1) is 0 Å². The summed E-state index contributed by atoms with van der Waals surface area (Å²) in [5, 5.41) is 3.25. The van der Waals surface area contributed by atoms with E-state index in [0.717, 1.165) is 6.54 Å². The molecule has 2 rings (SSSR count). The van der Waals surface area contributed by atoms with E-state index in [0.29, 0.717) is 5.41 Å². The molecular weight excluding hydrogens is 206 g/mol. The lowest BCUT2D eigenvalue weighted by atomic mass is 9.82. The molecule has 0 bridgehead atoms. The summed E-state index contributed by atoms with van der Waals surface area (Å²) in [7, 11) is 2.03. The molecule has 0 aromatic heterocycles. The van der Waals surface area contributed by atoms with E-state index in [1.807, 2.05) is 7.05 Å². The van der Waals surface area contributed by atoms with Crippen molar-refractivity contribution in [1.29, 1.82) is 0 Å². The average molecular weight is 231 g/mol. The Morgan fingerprint density at radius 2 is 1.94 bits per heavy atom. The van der Waals surface area contributed by atoms with Gasteiger partial charge in [0.25, 0.3) is 0 Å². The van der Waals surface area contributed by atoms with Gasteiger partial charge in [0, 0.05) is 0 Å². The van der Waals surface area contributed by atoms with Crippen LogP contribution in [0.15, 0.2) is 18.2 Å². The summed E-state index contributed by atoms with van der Waals surface area (Å²) >= 11 is 0. The molecule has 1 N–H and O–H groups in total. The van der Waals surface area contributed by atoms with Crippen LogP contribution in [0.3, 0.4) is 0 Å². The van der Waals surface area contributed by atoms with Crippen LogP contribution in [0.4, 0.5) is 0 Å². The van der Waals surface area contributed by atoms with Crippen molar-refractivity contribution in [1.82, 2.24) is 5.32 Å². The number of fused-ring (bicyclic) bond motifs is 1. The van der Waals surface area contributed by atoms with Gasteiger partial charge in [-0.2, -0.15) is 0 Å². The second-order valence-electron chi connectivity index (χ2n) is 6.15. The third kappa shape index (κ3) is 3.32. The molecule has 0 saturated carbocycles. The lowest BCUT2D eigenvalue weighted by Crippen LogP contribution is -2.21. The Hall–Kier alpha value is -0.820. The van der Waals surface area contributed by atoms with E-state index in [-0.39, 0.29) is 0 Å². The normalized spacial score (nSPS) is 15.0. The van der Waals surface area contributed by atoms with Crippen molar-refractivity contribution in [3.8, 4) is 0 Å². The molecule has 0 fully saturated rings. The molecule has 1 aliphatic carbocycles. The zero-order chi connectivity index (χ0) is 12.3.